The van der Waals surface area contributed by atoms with E-state index in [4.69, 9.17) is 4.52 Å². The molecular weight excluding hydrogens is 372 g/mol. The van der Waals surface area contributed by atoms with Gasteiger partial charge in [-0.3, -0.25) is 9.48 Å². The number of carbonyl (C=O) groups is 2. The summed E-state index contributed by atoms with van der Waals surface area (Å²) in [7, 11) is 1.83. The Bertz CT molecular complexity index is 1050. The monoisotopic (exact) mass is 394 g/mol. The molecule has 0 atom stereocenters. The second kappa shape index (κ2) is 7.42. The van der Waals surface area contributed by atoms with Crippen molar-refractivity contribution in [3.63, 3.8) is 0 Å². The zero-order chi connectivity index (χ0) is 20.5. The van der Waals surface area contributed by atoms with Gasteiger partial charge in [-0.2, -0.15) is 5.10 Å². The highest BCUT2D eigenvalue weighted by atomic mass is 16.5. The Morgan fingerprint density at radius 1 is 1.17 bits per heavy atom. The number of nitrogens with one attached hydrogen (secondary N) is 1. The van der Waals surface area contributed by atoms with Crippen LogP contribution in [0.2, 0.25) is 0 Å². The van der Waals surface area contributed by atoms with Gasteiger partial charge in [-0.1, -0.05) is 23.4 Å². The molecule has 2 aromatic heterocycles. The SMILES string of the molecule is CNc1ccccc1CN1CC(=O)N(c2cnn(Cc3c(C)noc3C)c2)C1=O. The summed E-state index contributed by atoms with van der Waals surface area (Å²) in [5, 5.41) is 11.3. The van der Waals surface area contributed by atoms with Gasteiger partial charge in [-0.15, -0.1) is 0 Å². The number of aryl methyl sites for hydroxylation is 2. The quantitative estimate of drug-likeness (QED) is 0.646. The van der Waals surface area contributed by atoms with E-state index in [1.54, 1.807) is 10.9 Å². The molecule has 150 valence electrons. The Kier molecular flexibility index (Phi) is 4.79. The van der Waals surface area contributed by atoms with Gasteiger partial charge < -0.3 is 14.7 Å². The molecule has 3 aromatic rings. The van der Waals surface area contributed by atoms with Crippen molar-refractivity contribution in [2.24, 2.45) is 0 Å². The van der Waals surface area contributed by atoms with E-state index < -0.39 is 0 Å². The summed E-state index contributed by atoms with van der Waals surface area (Å²) in [4.78, 5) is 28.2. The van der Waals surface area contributed by atoms with Gasteiger partial charge in [0.25, 0.3) is 5.91 Å². The maximum Gasteiger partial charge on any atom is 0.332 e. The number of hydrogen-bond donors (Lipinski definition) is 1. The number of amides is 3. The summed E-state index contributed by atoms with van der Waals surface area (Å²) < 4.78 is 6.84. The van der Waals surface area contributed by atoms with Gasteiger partial charge >= 0.3 is 6.03 Å². The third-order valence-corrected chi connectivity index (χ3v) is 5.06. The van der Waals surface area contributed by atoms with E-state index in [0.29, 0.717) is 18.8 Å². The van der Waals surface area contributed by atoms with Crippen LogP contribution in [-0.2, 0) is 17.9 Å². The van der Waals surface area contributed by atoms with Gasteiger partial charge in [0.2, 0.25) is 0 Å². The van der Waals surface area contributed by atoms with Gasteiger partial charge in [-0.05, 0) is 25.5 Å². The fourth-order valence-electron chi connectivity index (χ4n) is 3.48. The molecule has 4 rings (SSSR count). The summed E-state index contributed by atoms with van der Waals surface area (Å²) in [6, 6.07) is 7.36. The molecule has 29 heavy (non-hydrogen) atoms. The van der Waals surface area contributed by atoms with Crippen LogP contribution in [0.25, 0.3) is 0 Å². The Morgan fingerprint density at radius 2 is 1.97 bits per heavy atom. The lowest BCUT2D eigenvalue weighted by Crippen LogP contribution is -2.32. The lowest BCUT2D eigenvalue weighted by atomic mass is 10.1. The predicted molar refractivity (Wildman–Crippen MR) is 107 cm³/mol. The van der Waals surface area contributed by atoms with Gasteiger partial charge in [0.15, 0.2) is 0 Å². The summed E-state index contributed by atoms with van der Waals surface area (Å²) in [6.07, 6.45) is 3.21. The topological polar surface area (TPSA) is 96.5 Å². The van der Waals surface area contributed by atoms with Crippen LogP contribution in [0.15, 0.2) is 41.2 Å². The smallest absolute Gasteiger partial charge is 0.332 e. The number of hydrogen-bond acceptors (Lipinski definition) is 6. The summed E-state index contributed by atoms with van der Waals surface area (Å²) in [5.74, 6) is 0.455. The molecule has 0 unspecified atom stereocenters. The number of anilines is 2. The van der Waals surface area contributed by atoms with Crippen LogP contribution in [-0.4, -0.2) is 45.4 Å². The predicted octanol–water partition coefficient (Wildman–Crippen LogP) is 2.55. The Morgan fingerprint density at radius 3 is 2.69 bits per heavy atom. The van der Waals surface area contributed by atoms with Crippen molar-refractivity contribution in [3.05, 3.63) is 59.2 Å². The molecule has 1 aliphatic heterocycles. The lowest BCUT2D eigenvalue weighted by Gasteiger charge is -2.18. The number of para-hydroxylation sites is 1. The number of carbonyl (C=O) groups excluding carboxylic acids is 2. The van der Waals surface area contributed by atoms with E-state index in [0.717, 1.165) is 28.3 Å². The van der Waals surface area contributed by atoms with Crippen molar-refractivity contribution in [1.29, 1.82) is 0 Å². The zero-order valence-corrected chi connectivity index (χ0v) is 16.5. The zero-order valence-electron chi connectivity index (χ0n) is 16.5. The van der Waals surface area contributed by atoms with Crippen LogP contribution in [0.3, 0.4) is 0 Å². The number of nitrogens with zero attached hydrogens (tertiary/aromatic N) is 5. The van der Waals surface area contributed by atoms with Crippen molar-refractivity contribution in [2.45, 2.75) is 26.9 Å². The Labute approximate surface area is 167 Å². The molecule has 0 bridgehead atoms. The minimum atomic E-state index is -0.349. The number of rotatable bonds is 6. The van der Waals surface area contributed by atoms with Gasteiger partial charge in [-0.25, -0.2) is 9.69 Å². The number of benzene rings is 1. The van der Waals surface area contributed by atoms with Crippen LogP contribution >= 0.6 is 0 Å². The summed E-state index contributed by atoms with van der Waals surface area (Å²) in [6.45, 7) is 4.55. The molecule has 0 saturated carbocycles. The van der Waals surface area contributed by atoms with Crippen LogP contribution in [0, 0.1) is 13.8 Å². The second-order valence-electron chi connectivity index (χ2n) is 6.97. The molecule has 1 fully saturated rings. The molecular formula is C20H22N6O3. The van der Waals surface area contributed by atoms with Crippen LogP contribution in [0.5, 0.6) is 0 Å². The lowest BCUT2D eigenvalue weighted by molar-refractivity contribution is -0.116. The standard InChI is InChI=1S/C20H22N6O3/c1-13-17(14(2)29-23-13)11-25-10-16(8-22-25)26-19(27)12-24(20(26)28)9-15-6-4-5-7-18(15)21-3/h4-8,10,21H,9,11-12H2,1-3H3. The minimum absolute atomic E-state index is 0.0337. The van der Waals surface area contributed by atoms with Gasteiger partial charge in [0, 0.05) is 24.5 Å². The van der Waals surface area contributed by atoms with Crippen LogP contribution < -0.4 is 10.2 Å². The number of urea groups is 1. The van der Waals surface area contributed by atoms with Gasteiger partial charge in [0.05, 0.1) is 30.7 Å². The van der Waals surface area contributed by atoms with Crippen molar-refractivity contribution >= 4 is 23.3 Å². The molecule has 1 aromatic carbocycles. The fourth-order valence-corrected chi connectivity index (χ4v) is 3.48. The maximum atomic E-state index is 12.9. The highest BCUT2D eigenvalue weighted by molar-refractivity contribution is 6.19. The van der Waals surface area contributed by atoms with E-state index >= 15 is 0 Å². The first kappa shape index (κ1) is 18.7. The molecule has 1 N–H and O–H groups in total. The van der Waals surface area contributed by atoms with Crippen LogP contribution in [0.4, 0.5) is 16.2 Å². The Balaban J connectivity index is 1.52. The molecule has 3 heterocycles. The normalized spacial score (nSPS) is 14.2. The average Bonchev–Trinajstić information content (AvgIpc) is 3.37. The third kappa shape index (κ3) is 3.46. The Hall–Kier alpha value is -3.62. The van der Waals surface area contributed by atoms with Crippen molar-refractivity contribution in [1.82, 2.24) is 19.8 Å². The molecule has 9 nitrogen and oxygen atoms in total. The van der Waals surface area contributed by atoms with Crippen molar-refractivity contribution < 1.29 is 14.1 Å². The van der Waals surface area contributed by atoms with Crippen LogP contribution in [0.1, 0.15) is 22.6 Å². The number of aromatic nitrogens is 3. The van der Waals surface area contributed by atoms with E-state index in [1.807, 2.05) is 45.2 Å². The molecule has 1 saturated heterocycles. The van der Waals surface area contributed by atoms with E-state index in [2.05, 4.69) is 15.6 Å². The van der Waals surface area contributed by atoms with Crippen molar-refractivity contribution in [2.75, 3.05) is 23.8 Å². The molecule has 9 heteroatoms. The van der Waals surface area contributed by atoms with E-state index in [9.17, 15) is 9.59 Å². The average molecular weight is 394 g/mol. The number of imide groups is 1. The third-order valence-electron chi connectivity index (χ3n) is 5.06. The maximum absolute atomic E-state index is 12.9. The summed E-state index contributed by atoms with van der Waals surface area (Å²) in [5.41, 5.74) is 4.06. The second-order valence-corrected chi connectivity index (χ2v) is 6.97. The highest BCUT2D eigenvalue weighted by Gasteiger charge is 2.38. The largest absolute Gasteiger partial charge is 0.388 e. The van der Waals surface area contributed by atoms with E-state index in [1.165, 1.54) is 16.0 Å². The fraction of sp³-hybridized carbons (Fsp3) is 0.300. The molecule has 0 radical (unpaired) electrons. The highest BCUT2D eigenvalue weighted by Crippen LogP contribution is 2.25. The first-order chi connectivity index (χ1) is 14.0. The van der Waals surface area contributed by atoms with Crippen molar-refractivity contribution in [3.8, 4) is 0 Å². The summed E-state index contributed by atoms with van der Waals surface area (Å²) >= 11 is 0. The molecule has 1 aliphatic rings. The minimum Gasteiger partial charge on any atom is -0.388 e. The van der Waals surface area contributed by atoms with E-state index in [-0.39, 0.29) is 18.5 Å². The van der Waals surface area contributed by atoms with Gasteiger partial charge in [0.1, 0.15) is 12.3 Å². The molecule has 0 aliphatic carbocycles. The molecule has 0 spiro atoms. The first-order valence-electron chi connectivity index (χ1n) is 9.29. The first-order valence-corrected chi connectivity index (χ1v) is 9.29. The molecule has 3 amide bonds.